The molecule has 144 valence electrons. The molecule has 7 nitrogen and oxygen atoms in total. The molecule has 28 heavy (non-hydrogen) atoms. The van der Waals surface area contributed by atoms with Gasteiger partial charge in [0.2, 0.25) is 0 Å². The fraction of sp³-hybridized carbons (Fsp3) is 0.190. The fourth-order valence-electron chi connectivity index (χ4n) is 3.18. The number of rotatable bonds is 6. The molecule has 3 aromatic carbocycles. The van der Waals surface area contributed by atoms with Crippen molar-refractivity contribution in [2.45, 2.75) is 13.0 Å². The highest BCUT2D eigenvalue weighted by atomic mass is 16.6. The number of hydrogen-bond donors (Lipinski definition) is 1. The number of carbonyl (C=O) groups excluding carboxylic acids is 1. The van der Waals surface area contributed by atoms with E-state index in [9.17, 15) is 14.9 Å². The number of hydrogen-bond acceptors (Lipinski definition) is 5. The van der Waals surface area contributed by atoms with E-state index in [4.69, 9.17) is 9.47 Å². The third kappa shape index (κ3) is 3.59. The molecule has 0 aliphatic carbocycles. The van der Waals surface area contributed by atoms with E-state index >= 15 is 0 Å². The molecule has 7 heteroatoms. The maximum Gasteiger partial charge on any atom is 0.286 e. The molecule has 0 radical (unpaired) electrons. The van der Waals surface area contributed by atoms with Gasteiger partial charge in [-0.3, -0.25) is 14.9 Å². The smallest absolute Gasteiger partial charge is 0.286 e. The number of ether oxygens (including phenoxy) is 2. The molecule has 0 saturated carbocycles. The monoisotopic (exact) mass is 380 g/mol. The predicted octanol–water partition coefficient (Wildman–Crippen LogP) is 4.26. The van der Waals surface area contributed by atoms with Gasteiger partial charge in [0.15, 0.2) is 11.5 Å². The minimum absolute atomic E-state index is 0.0882. The van der Waals surface area contributed by atoms with E-state index in [1.54, 1.807) is 0 Å². The Bertz CT molecular complexity index is 1040. The number of nitro groups is 1. The number of carbonyl (C=O) groups is 1. The van der Waals surface area contributed by atoms with E-state index in [0.717, 1.165) is 16.3 Å². The minimum atomic E-state index is -0.612. The molecule has 3 aromatic rings. The molecule has 1 atom stereocenters. The molecule has 1 amide bonds. The maximum absolute atomic E-state index is 12.8. The summed E-state index contributed by atoms with van der Waals surface area (Å²) in [6.45, 7) is 1.84. The van der Waals surface area contributed by atoms with Crippen molar-refractivity contribution in [3.05, 3.63) is 75.8 Å². The lowest BCUT2D eigenvalue weighted by atomic mass is 9.99. The molecular formula is C21H20N2O5. The van der Waals surface area contributed by atoms with Crippen molar-refractivity contribution in [1.82, 2.24) is 5.32 Å². The molecule has 1 unspecified atom stereocenters. The summed E-state index contributed by atoms with van der Waals surface area (Å²) in [5.74, 6) is -0.128. The Kier molecular flexibility index (Phi) is 5.44. The number of nitrogens with one attached hydrogen (secondary N) is 1. The third-order valence-corrected chi connectivity index (χ3v) is 4.58. The quantitative estimate of drug-likeness (QED) is 0.510. The predicted molar refractivity (Wildman–Crippen MR) is 106 cm³/mol. The number of amides is 1. The van der Waals surface area contributed by atoms with Crippen LogP contribution in [0.5, 0.6) is 11.5 Å². The Labute approximate surface area is 162 Å². The van der Waals surface area contributed by atoms with E-state index in [1.807, 2.05) is 49.4 Å². The summed E-state index contributed by atoms with van der Waals surface area (Å²) in [6.07, 6.45) is 0. The number of fused-ring (bicyclic) bond motifs is 1. The van der Waals surface area contributed by atoms with Gasteiger partial charge in [0.25, 0.3) is 11.6 Å². The summed E-state index contributed by atoms with van der Waals surface area (Å²) in [5, 5.41) is 16.4. The second-order valence-electron chi connectivity index (χ2n) is 6.24. The summed E-state index contributed by atoms with van der Waals surface area (Å²) in [7, 11) is 2.79. The molecule has 1 N–H and O–H groups in total. The minimum Gasteiger partial charge on any atom is -0.493 e. The lowest BCUT2D eigenvalue weighted by molar-refractivity contribution is -0.385. The number of nitrogens with zero attached hydrogens (tertiary/aromatic N) is 1. The van der Waals surface area contributed by atoms with Gasteiger partial charge in [-0.05, 0) is 23.3 Å². The van der Waals surface area contributed by atoms with E-state index in [1.165, 1.54) is 26.4 Å². The summed E-state index contributed by atoms with van der Waals surface area (Å²) in [5.41, 5.74) is 0.490. The third-order valence-electron chi connectivity index (χ3n) is 4.58. The summed E-state index contributed by atoms with van der Waals surface area (Å²) in [4.78, 5) is 23.7. The van der Waals surface area contributed by atoms with Gasteiger partial charge in [-0.15, -0.1) is 0 Å². The first-order chi connectivity index (χ1) is 13.5. The highest BCUT2D eigenvalue weighted by Crippen LogP contribution is 2.35. The first-order valence-electron chi connectivity index (χ1n) is 8.65. The first kappa shape index (κ1) is 19.2. The lowest BCUT2D eigenvalue weighted by Gasteiger charge is -2.17. The zero-order chi connectivity index (χ0) is 20.3. The van der Waals surface area contributed by atoms with Crippen LogP contribution in [-0.4, -0.2) is 25.1 Å². The summed E-state index contributed by atoms with van der Waals surface area (Å²) in [6, 6.07) is 15.8. The molecule has 0 aliphatic rings. The Morgan fingerprint density at radius 1 is 1.04 bits per heavy atom. The average Bonchev–Trinajstić information content (AvgIpc) is 2.71. The normalized spacial score (nSPS) is 11.7. The second kappa shape index (κ2) is 7.96. The van der Waals surface area contributed by atoms with Crippen LogP contribution in [0.1, 0.15) is 28.9 Å². The zero-order valence-electron chi connectivity index (χ0n) is 15.8. The molecule has 0 fully saturated rings. The number of methoxy groups -OCH3 is 2. The molecule has 3 rings (SSSR count). The standard InChI is InChI=1S/C21H20N2O5/c1-13(15-10-6-8-14-7-4-5-9-16(14)15)22-21(24)17-11-19(27-2)20(28-3)12-18(17)23(25)26/h4-13H,1-3H3,(H,22,24). The largest absolute Gasteiger partial charge is 0.493 e. The van der Waals surface area contributed by atoms with E-state index < -0.39 is 10.8 Å². The Morgan fingerprint density at radius 2 is 1.68 bits per heavy atom. The van der Waals surface area contributed by atoms with Crippen molar-refractivity contribution < 1.29 is 19.2 Å². The van der Waals surface area contributed by atoms with Crippen molar-refractivity contribution in [1.29, 1.82) is 0 Å². The van der Waals surface area contributed by atoms with Gasteiger partial charge in [0, 0.05) is 6.07 Å². The van der Waals surface area contributed by atoms with Crippen LogP contribution in [0.3, 0.4) is 0 Å². The highest BCUT2D eigenvalue weighted by molar-refractivity contribution is 5.99. The highest BCUT2D eigenvalue weighted by Gasteiger charge is 2.25. The second-order valence-corrected chi connectivity index (χ2v) is 6.24. The van der Waals surface area contributed by atoms with E-state index in [2.05, 4.69) is 5.32 Å². The average molecular weight is 380 g/mol. The molecule has 0 aromatic heterocycles. The molecule has 0 spiro atoms. The van der Waals surface area contributed by atoms with Gasteiger partial charge < -0.3 is 14.8 Å². The van der Waals surface area contributed by atoms with Crippen molar-refractivity contribution >= 4 is 22.4 Å². The topological polar surface area (TPSA) is 90.7 Å². The molecular weight excluding hydrogens is 360 g/mol. The van der Waals surface area contributed by atoms with Gasteiger partial charge in [0.1, 0.15) is 5.56 Å². The Balaban J connectivity index is 1.97. The van der Waals surface area contributed by atoms with Crippen LogP contribution in [0.4, 0.5) is 5.69 Å². The Morgan fingerprint density at radius 3 is 2.36 bits per heavy atom. The Hall–Kier alpha value is -3.61. The van der Waals surface area contributed by atoms with Gasteiger partial charge in [-0.25, -0.2) is 0 Å². The van der Waals surface area contributed by atoms with E-state index in [-0.39, 0.29) is 28.8 Å². The van der Waals surface area contributed by atoms with Crippen LogP contribution < -0.4 is 14.8 Å². The van der Waals surface area contributed by atoms with Crippen molar-refractivity contribution in [2.24, 2.45) is 0 Å². The summed E-state index contributed by atoms with van der Waals surface area (Å²) < 4.78 is 10.3. The molecule has 0 aliphatic heterocycles. The van der Waals surface area contributed by atoms with Crippen LogP contribution in [0.15, 0.2) is 54.6 Å². The van der Waals surface area contributed by atoms with Crippen LogP contribution in [0.25, 0.3) is 10.8 Å². The fourth-order valence-corrected chi connectivity index (χ4v) is 3.18. The van der Waals surface area contributed by atoms with Crippen LogP contribution >= 0.6 is 0 Å². The lowest BCUT2D eigenvalue weighted by Crippen LogP contribution is -2.27. The van der Waals surface area contributed by atoms with Gasteiger partial charge in [-0.1, -0.05) is 42.5 Å². The maximum atomic E-state index is 12.8. The first-order valence-corrected chi connectivity index (χ1v) is 8.65. The van der Waals surface area contributed by atoms with E-state index in [0.29, 0.717) is 0 Å². The van der Waals surface area contributed by atoms with Crippen molar-refractivity contribution in [3.8, 4) is 11.5 Å². The molecule has 0 heterocycles. The van der Waals surface area contributed by atoms with Crippen LogP contribution in [0, 0.1) is 10.1 Å². The summed E-state index contributed by atoms with van der Waals surface area (Å²) >= 11 is 0. The van der Waals surface area contributed by atoms with Crippen molar-refractivity contribution in [3.63, 3.8) is 0 Å². The molecule has 0 bridgehead atoms. The van der Waals surface area contributed by atoms with Gasteiger partial charge in [-0.2, -0.15) is 0 Å². The van der Waals surface area contributed by atoms with Crippen molar-refractivity contribution in [2.75, 3.05) is 14.2 Å². The number of nitro benzene ring substituents is 1. The zero-order valence-corrected chi connectivity index (χ0v) is 15.8. The number of benzene rings is 3. The molecule has 0 saturated heterocycles. The SMILES string of the molecule is COc1cc(C(=O)NC(C)c2cccc3ccccc23)c([N+](=O)[O-])cc1OC. The van der Waals surface area contributed by atoms with Gasteiger partial charge in [0.05, 0.1) is 31.3 Å². The van der Waals surface area contributed by atoms with Crippen LogP contribution in [-0.2, 0) is 0 Å². The van der Waals surface area contributed by atoms with Crippen LogP contribution in [0.2, 0.25) is 0 Å². The van der Waals surface area contributed by atoms with Gasteiger partial charge >= 0.3 is 0 Å².